The van der Waals surface area contributed by atoms with Gasteiger partial charge >= 0.3 is 0 Å². The topological polar surface area (TPSA) is 146 Å². The van der Waals surface area contributed by atoms with E-state index in [2.05, 4.69) is 46.4 Å². The van der Waals surface area contributed by atoms with E-state index in [1.807, 2.05) is 41.3 Å². The second kappa shape index (κ2) is 12.0. The number of hydrogen-bond donors (Lipinski definition) is 4. The van der Waals surface area contributed by atoms with Crippen LogP contribution < -0.4 is 21.3 Å². The van der Waals surface area contributed by atoms with Gasteiger partial charge in [0, 0.05) is 47.6 Å². The van der Waals surface area contributed by atoms with E-state index >= 15 is 0 Å². The van der Waals surface area contributed by atoms with Gasteiger partial charge in [-0.1, -0.05) is 57.2 Å². The average molecular weight is 566 g/mol. The number of nitrogen functional groups attached to an aromatic ring is 1. The van der Waals surface area contributed by atoms with Gasteiger partial charge in [-0.05, 0) is 46.9 Å². The van der Waals surface area contributed by atoms with Crippen LogP contribution in [0.25, 0.3) is 11.4 Å². The highest BCUT2D eigenvalue weighted by molar-refractivity contribution is 6.05. The van der Waals surface area contributed by atoms with Gasteiger partial charge in [-0.2, -0.15) is 9.97 Å². The lowest BCUT2D eigenvalue weighted by atomic mass is 9.86. The molecule has 10 nitrogen and oxygen atoms in total. The summed E-state index contributed by atoms with van der Waals surface area (Å²) in [6.45, 7) is 7.74. The summed E-state index contributed by atoms with van der Waals surface area (Å²) in [7, 11) is 0. The number of carbonyl (C=O) groups is 2. The van der Waals surface area contributed by atoms with Gasteiger partial charge in [0.2, 0.25) is 11.9 Å². The molecule has 1 saturated heterocycles. The van der Waals surface area contributed by atoms with Crippen LogP contribution >= 0.6 is 0 Å². The number of aliphatic hydroxyl groups is 1. The highest BCUT2D eigenvalue weighted by Crippen LogP contribution is 2.29. The molecule has 0 unspecified atom stereocenters. The number of carbonyl (C=O) groups excluding carboxylic acids is 2. The molecule has 2 heterocycles. The van der Waals surface area contributed by atoms with Crippen LogP contribution in [-0.4, -0.2) is 51.5 Å². The number of aromatic nitrogens is 3. The Morgan fingerprint density at radius 2 is 1.76 bits per heavy atom. The predicted octanol–water partition coefficient (Wildman–Crippen LogP) is 3.69. The molecule has 1 aliphatic heterocycles. The molecule has 0 atom stereocenters. The molecule has 42 heavy (non-hydrogen) atoms. The van der Waals surface area contributed by atoms with Gasteiger partial charge in [-0.25, -0.2) is 4.98 Å². The number of nitrogens with zero attached hydrogens (tertiary/aromatic N) is 4. The summed E-state index contributed by atoms with van der Waals surface area (Å²) in [4.78, 5) is 40.2. The summed E-state index contributed by atoms with van der Waals surface area (Å²) in [5, 5.41) is 16.1. The fraction of sp³-hybridized carbons (Fsp3) is 0.281. The lowest BCUT2D eigenvalue weighted by molar-refractivity contribution is -0.120. The summed E-state index contributed by atoms with van der Waals surface area (Å²) in [6.07, 6.45) is 0.413. The maximum Gasteiger partial charge on any atom is 0.255 e. The van der Waals surface area contributed by atoms with E-state index in [4.69, 9.17) is 5.73 Å². The molecular formula is C32H35N7O3. The van der Waals surface area contributed by atoms with E-state index in [0.717, 1.165) is 23.4 Å². The molecule has 2 amide bonds. The second-order valence-electron chi connectivity index (χ2n) is 11.3. The monoisotopic (exact) mass is 565 g/mol. The summed E-state index contributed by atoms with van der Waals surface area (Å²) >= 11 is 0. The Hall–Kier alpha value is -4.83. The molecule has 0 spiro atoms. The van der Waals surface area contributed by atoms with Gasteiger partial charge in [-0.3, -0.25) is 9.59 Å². The number of rotatable bonds is 7. The minimum Gasteiger partial charge on any atom is -0.392 e. The molecule has 3 aromatic carbocycles. The Kier molecular flexibility index (Phi) is 8.17. The van der Waals surface area contributed by atoms with E-state index in [0.29, 0.717) is 53.5 Å². The molecular weight excluding hydrogens is 530 g/mol. The molecule has 1 aromatic heterocycles. The Bertz CT molecular complexity index is 1600. The molecule has 5 rings (SSSR count). The molecule has 0 radical (unpaired) electrons. The third kappa shape index (κ3) is 6.55. The summed E-state index contributed by atoms with van der Waals surface area (Å²) in [6, 6.07) is 20.7. The number of amides is 2. The second-order valence-corrected chi connectivity index (χ2v) is 11.3. The summed E-state index contributed by atoms with van der Waals surface area (Å²) < 4.78 is 0. The lowest BCUT2D eigenvalue weighted by Crippen LogP contribution is -2.47. The predicted molar refractivity (Wildman–Crippen MR) is 163 cm³/mol. The zero-order chi connectivity index (χ0) is 29.9. The standard InChI is InChI=1S/C32H35N7O3/c1-32(2,3)22-11-9-21(10-12-22)30(42)35-26-6-4-5-24(25(26)19-40)29-36-27(37-31(33)38-29)17-20-7-13-23(14-8-20)39-16-15-34-28(41)18-39/h4-14,40H,15-19H2,1-3H3,(H,34,41)(H,35,42)(H2,33,36,37,38). The van der Waals surface area contributed by atoms with E-state index in [1.54, 1.807) is 30.3 Å². The summed E-state index contributed by atoms with van der Waals surface area (Å²) in [5.41, 5.74) is 11.1. The van der Waals surface area contributed by atoms with Crippen molar-refractivity contribution in [1.29, 1.82) is 0 Å². The molecule has 0 aliphatic carbocycles. The normalized spacial score (nSPS) is 13.5. The Morgan fingerprint density at radius 3 is 2.43 bits per heavy atom. The van der Waals surface area contributed by atoms with Crippen LogP contribution in [0.5, 0.6) is 0 Å². The number of aliphatic hydroxyl groups excluding tert-OH is 1. The summed E-state index contributed by atoms with van der Waals surface area (Å²) in [5.74, 6) is 0.567. The highest BCUT2D eigenvalue weighted by Gasteiger charge is 2.19. The maximum absolute atomic E-state index is 13.1. The van der Waals surface area contributed by atoms with Crippen molar-refractivity contribution < 1.29 is 14.7 Å². The molecule has 0 saturated carbocycles. The Morgan fingerprint density at radius 1 is 1.02 bits per heavy atom. The van der Waals surface area contributed by atoms with Crippen LogP contribution in [0.15, 0.2) is 66.7 Å². The van der Waals surface area contributed by atoms with Crippen LogP contribution in [0.3, 0.4) is 0 Å². The fourth-order valence-corrected chi connectivity index (χ4v) is 4.90. The fourth-order valence-electron chi connectivity index (χ4n) is 4.90. The molecule has 1 fully saturated rings. The number of piperazine rings is 1. The van der Waals surface area contributed by atoms with E-state index in [1.165, 1.54) is 0 Å². The molecule has 4 aromatic rings. The van der Waals surface area contributed by atoms with E-state index in [9.17, 15) is 14.7 Å². The van der Waals surface area contributed by atoms with Crippen LogP contribution in [0.2, 0.25) is 0 Å². The average Bonchev–Trinajstić information content (AvgIpc) is 2.97. The molecule has 1 aliphatic rings. The first-order chi connectivity index (χ1) is 20.1. The number of benzene rings is 3. The number of anilines is 3. The van der Waals surface area contributed by atoms with Crippen LogP contribution in [0.1, 0.15) is 53.6 Å². The maximum atomic E-state index is 13.1. The lowest BCUT2D eigenvalue weighted by Gasteiger charge is -2.28. The first-order valence-corrected chi connectivity index (χ1v) is 13.9. The van der Waals surface area contributed by atoms with Gasteiger partial charge in [-0.15, -0.1) is 0 Å². The van der Waals surface area contributed by atoms with Crippen LogP contribution in [-0.2, 0) is 23.2 Å². The largest absolute Gasteiger partial charge is 0.392 e. The van der Waals surface area contributed by atoms with Crippen molar-refractivity contribution >= 4 is 29.1 Å². The van der Waals surface area contributed by atoms with Crippen molar-refractivity contribution in [2.45, 2.75) is 39.2 Å². The first kappa shape index (κ1) is 28.7. The Balaban J connectivity index is 1.36. The smallest absolute Gasteiger partial charge is 0.255 e. The van der Waals surface area contributed by atoms with Crippen molar-refractivity contribution in [1.82, 2.24) is 20.3 Å². The minimum atomic E-state index is -0.342. The molecule has 10 heteroatoms. The third-order valence-corrected chi connectivity index (χ3v) is 7.24. The third-order valence-electron chi connectivity index (χ3n) is 7.24. The number of nitrogens with one attached hydrogen (secondary N) is 2. The molecule has 5 N–H and O–H groups in total. The number of nitrogens with two attached hydrogens (primary N) is 1. The van der Waals surface area contributed by atoms with Gasteiger partial charge in [0.15, 0.2) is 5.82 Å². The number of hydrogen-bond acceptors (Lipinski definition) is 8. The van der Waals surface area contributed by atoms with Crippen LogP contribution in [0.4, 0.5) is 17.3 Å². The van der Waals surface area contributed by atoms with Crippen molar-refractivity contribution in [3.63, 3.8) is 0 Å². The van der Waals surface area contributed by atoms with E-state index < -0.39 is 0 Å². The van der Waals surface area contributed by atoms with Gasteiger partial charge < -0.3 is 26.4 Å². The zero-order valence-corrected chi connectivity index (χ0v) is 24.0. The van der Waals surface area contributed by atoms with Gasteiger partial charge in [0.25, 0.3) is 5.91 Å². The zero-order valence-electron chi connectivity index (χ0n) is 24.0. The highest BCUT2D eigenvalue weighted by atomic mass is 16.3. The quantitative estimate of drug-likeness (QED) is 0.265. The van der Waals surface area contributed by atoms with Crippen molar-refractivity contribution in [2.75, 3.05) is 35.6 Å². The van der Waals surface area contributed by atoms with Crippen LogP contribution in [0, 0.1) is 0 Å². The minimum absolute atomic E-state index is 0.0131. The molecule has 0 bridgehead atoms. The van der Waals surface area contributed by atoms with Gasteiger partial charge in [0.1, 0.15) is 5.82 Å². The Labute approximate surface area is 245 Å². The van der Waals surface area contributed by atoms with Crippen molar-refractivity contribution in [3.05, 3.63) is 94.8 Å². The van der Waals surface area contributed by atoms with Crippen molar-refractivity contribution in [3.8, 4) is 11.4 Å². The van der Waals surface area contributed by atoms with Gasteiger partial charge in [0.05, 0.1) is 13.2 Å². The van der Waals surface area contributed by atoms with Crippen molar-refractivity contribution in [2.24, 2.45) is 0 Å². The molecule has 216 valence electrons. The SMILES string of the molecule is CC(C)(C)c1ccc(C(=O)Nc2cccc(-c3nc(N)nc(Cc4ccc(N5CCNC(=O)C5)cc4)n3)c2CO)cc1. The van der Waals surface area contributed by atoms with E-state index in [-0.39, 0.29) is 29.8 Å². The first-order valence-electron chi connectivity index (χ1n) is 13.9.